The van der Waals surface area contributed by atoms with Gasteiger partial charge >= 0.3 is 0 Å². The van der Waals surface area contributed by atoms with Crippen molar-refractivity contribution in [3.63, 3.8) is 0 Å². The highest BCUT2D eigenvalue weighted by molar-refractivity contribution is 9.10. The number of nitrogens with two attached hydrogens (primary N) is 1. The van der Waals surface area contributed by atoms with E-state index in [0.29, 0.717) is 17.8 Å². The molecular weight excluding hydrogens is 280 g/mol. The Morgan fingerprint density at radius 1 is 1.18 bits per heavy atom. The highest BCUT2D eigenvalue weighted by atomic mass is 79.9. The average molecular weight is 291 g/mol. The second-order valence-corrected chi connectivity index (χ2v) is 4.62. The number of carbonyl (C=O) groups excluding carboxylic acids is 1. The Hall–Kier alpha value is -1.68. The number of nitrogens with zero attached hydrogens (tertiary/aromatic N) is 1. The van der Waals surface area contributed by atoms with Gasteiger partial charge in [-0.25, -0.2) is 0 Å². The molecule has 0 spiro atoms. The van der Waals surface area contributed by atoms with Crippen LogP contribution in [0.2, 0.25) is 0 Å². The molecule has 0 aliphatic carbocycles. The molecule has 1 heterocycles. The number of carbonyl (C=O) groups is 1. The van der Waals surface area contributed by atoms with E-state index in [2.05, 4.69) is 20.9 Å². The van der Waals surface area contributed by atoms with Crippen LogP contribution in [-0.4, -0.2) is 10.8 Å². The molecule has 17 heavy (non-hydrogen) atoms. The summed E-state index contributed by atoms with van der Waals surface area (Å²) in [7, 11) is 0. The van der Waals surface area contributed by atoms with Crippen LogP contribution in [-0.2, 0) is 6.42 Å². The minimum absolute atomic E-state index is 0.00711. The Balaban J connectivity index is 2.11. The molecule has 4 heteroatoms. The van der Waals surface area contributed by atoms with Crippen LogP contribution in [0.3, 0.4) is 0 Å². The first-order chi connectivity index (χ1) is 8.15. The monoisotopic (exact) mass is 290 g/mol. The standard InChI is InChI=1S/C13H11BrN2O/c14-10-3-1-9(2-4-10)7-13(17)12-6-5-11(15)8-16-12/h1-6,8H,7,15H2. The van der Waals surface area contributed by atoms with E-state index in [0.717, 1.165) is 10.0 Å². The van der Waals surface area contributed by atoms with E-state index in [4.69, 9.17) is 5.73 Å². The predicted octanol–water partition coefficient (Wildman–Crippen LogP) is 2.85. The number of nitrogen functional groups attached to an aromatic ring is 1. The predicted molar refractivity (Wildman–Crippen MR) is 70.8 cm³/mol. The fourth-order valence-corrected chi connectivity index (χ4v) is 1.71. The van der Waals surface area contributed by atoms with Crippen LogP contribution in [0.15, 0.2) is 47.1 Å². The van der Waals surface area contributed by atoms with Crippen LogP contribution in [0.1, 0.15) is 16.1 Å². The number of hydrogen-bond donors (Lipinski definition) is 1. The Labute approximate surface area is 108 Å². The molecule has 2 N–H and O–H groups in total. The van der Waals surface area contributed by atoms with Crippen LogP contribution in [0.4, 0.5) is 5.69 Å². The minimum Gasteiger partial charge on any atom is -0.397 e. The molecular formula is C13H11BrN2O. The summed E-state index contributed by atoms with van der Waals surface area (Å²) in [5.41, 5.74) is 7.49. The molecule has 0 fully saturated rings. The molecule has 86 valence electrons. The van der Waals surface area contributed by atoms with E-state index in [-0.39, 0.29) is 5.78 Å². The van der Waals surface area contributed by atoms with E-state index in [1.54, 1.807) is 12.1 Å². The first-order valence-electron chi connectivity index (χ1n) is 5.14. The van der Waals surface area contributed by atoms with Crippen LogP contribution < -0.4 is 5.73 Å². The summed E-state index contributed by atoms with van der Waals surface area (Å²) >= 11 is 3.35. The van der Waals surface area contributed by atoms with Crippen molar-refractivity contribution in [2.45, 2.75) is 6.42 Å². The van der Waals surface area contributed by atoms with E-state index < -0.39 is 0 Å². The lowest BCUT2D eigenvalue weighted by Gasteiger charge is -2.01. The molecule has 2 aromatic rings. The normalized spacial score (nSPS) is 10.2. The highest BCUT2D eigenvalue weighted by Crippen LogP contribution is 2.12. The van der Waals surface area contributed by atoms with Gasteiger partial charge in [0.05, 0.1) is 11.9 Å². The zero-order valence-corrected chi connectivity index (χ0v) is 10.6. The molecule has 3 nitrogen and oxygen atoms in total. The maximum atomic E-state index is 11.9. The third-order valence-electron chi connectivity index (χ3n) is 2.35. The van der Waals surface area contributed by atoms with Crippen LogP contribution in [0, 0.1) is 0 Å². The minimum atomic E-state index is -0.00711. The van der Waals surface area contributed by atoms with Gasteiger partial charge in [-0.2, -0.15) is 0 Å². The van der Waals surface area contributed by atoms with Crippen molar-refractivity contribution in [3.8, 4) is 0 Å². The van der Waals surface area contributed by atoms with Crippen molar-refractivity contribution < 1.29 is 4.79 Å². The maximum Gasteiger partial charge on any atom is 0.185 e. The molecule has 1 aromatic heterocycles. The zero-order valence-electron chi connectivity index (χ0n) is 9.06. The summed E-state index contributed by atoms with van der Waals surface area (Å²) in [6.45, 7) is 0. The summed E-state index contributed by atoms with van der Waals surface area (Å²) in [6, 6.07) is 11.0. The van der Waals surface area contributed by atoms with E-state index in [1.807, 2.05) is 24.3 Å². The first kappa shape index (κ1) is 11.8. The van der Waals surface area contributed by atoms with Crippen molar-refractivity contribution >= 4 is 27.4 Å². The third kappa shape index (κ3) is 3.14. The van der Waals surface area contributed by atoms with Crippen molar-refractivity contribution in [2.24, 2.45) is 0 Å². The van der Waals surface area contributed by atoms with Gasteiger partial charge < -0.3 is 5.73 Å². The van der Waals surface area contributed by atoms with Crippen LogP contribution in [0.25, 0.3) is 0 Å². The average Bonchev–Trinajstić information content (AvgIpc) is 2.33. The van der Waals surface area contributed by atoms with Crippen molar-refractivity contribution in [3.05, 3.63) is 58.3 Å². The summed E-state index contributed by atoms with van der Waals surface area (Å²) < 4.78 is 0.999. The van der Waals surface area contributed by atoms with Gasteiger partial charge in [0, 0.05) is 10.9 Å². The van der Waals surface area contributed by atoms with Gasteiger partial charge in [0.2, 0.25) is 0 Å². The number of anilines is 1. The summed E-state index contributed by atoms with van der Waals surface area (Å²) in [5, 5.41) is 0. The second kappa shape index (κ2) is 5.10. The fraction of sp³-hybridized carbons (Fsp3) is 0.0769. The largest absolute Gasteiger partial charge is 0.397 e. The number of pyridine rings is 1. The lowest BCUT2D eigenvalue weighted by Crippen LogP contribution is -2.06. The third-order valence-corrected chi connectivity index (χ3v) is 2.88. The molecule has 1 aromatic carbocycles. The molecule has 0 bridgehead atoms. The Morgan fingerprint density at radius 2 is 1.88 bits per heavy atom. The Bertz CT molecular complexity index is 520. The summed E-state index contributed by atoms with van der Waals surface area (Å²) in [4.78, 5) is 15.9. The van der Waals surface area contributed by atoms with Gasteiger partial charge in [-0.3, -0.25) is 9.78 Å². The topological polar surface area (TPSA) is 56.0 Å². The maximum absolute atomic E-state index is 11.9. The van der Waals surface area contributed by atoms with Gasteiger partial charge in [-0.05, 0) is 29.8 Å². The molecule has 0 aliphatic rings. The molecule has 0 amide bonds. The molecule has 0 saturated carbocycles. The van der Waals surface area contributed by atoms with Gasteiger partial charge in [0.25, 0.3) is 0 Å². The molecule has 2 rings (SSSR count). The number of benzene rings is 1. The summed E-state index contributed by atoms with van der Waals surface area (Å²) in [6.07, 6.45) is 1.85. The van der Waals surface area contributed by atoms with Crippen molar-refractivity contribution in [1.29, 1.82) is 0 Å². The van der Waals surface area contributed by atoms with Crippen LogP contribution in [0.5, 0.6) is 0 Å². The molecule has 0 radical (unpaired) electrons. The number of Topliss-reactive ketones (excluding diaryl/α,β-unsaturated/α-hetero) is 1. The lowest BCUT2D eigenvalue weighted by molar-refractivity contribution is 0.0988. The van der Waals surface area contributed by atoms with Gasteiger partial charge in [-0.1, -0.05) is 28.1 Å². The van der Waals surface area contributed by atoms with Gasteiger partial charge in [0.1, 0.15) is 5.69 Å². The van der Waals surface area contributed by atoms with Gasteiger partial charge in [0.15, 0.2) is 5.78 Å². The first-order valence-corrected chi connectivity index (χ1v) is 5.93. The van der Waals surface area contributed by atoms with Crippen LogP contribution >= 0.6 is 15.9 Å². The fourth-order valence-electron chi connectivity index (χ4n) is 1.45. The highest BCUT2D eigenvalue weighted by Gasteiger charge is 2.08. The van der Waals surface area contributed by atoms with E-state index in [9.17, 15) is 4.79 Å². The number of aromatic nitrogens is 1. The van der Waals surface area contributed by atoms with E-state index in [1.165, 1.54) is 6.20 Å². The SMILES string of the molecule is Nc1ccc(C(=O)Cc2ccc(Br)cc2)nc1. The molecule has 0 saturated heterocycles. The molecule has 0 atom stereocenters. The molecule has 0 unspecified atom stereocenters. The molecule has 0 aliphatic heterocycles. The smallest absolute Gasteiger partial charge is 0.185 e. The number of ketones is 1. The van der Waals surface area contributed by atoms with E-state index >= 15 is 0 Å². The van der Waals surface area contributed by atoms with Crippen molar-refractivity contribution in [1.82, 2.24) is 4.98 Å². The Morgan fingerprint density at radius 3 is 2.47 bits per heavy atom. The van der Waals surface area contributed by atoms with Gasteiger partial charge in [-0.15, -0.1) is 0 Å². The second-order valence-electron chi connectivity index (χ2n) is 3.70. The summed E-state index contributed by atoms with van der Waals surface area (Å²) in [5.74, 6) is -0.00711. The zero-order chi connectivity index (χ0) is 12.3. The lowest BCUT2D eigenvalue weighted by atomic mass is 10.1. The number of halogens is 1. The number of hydrogen-bond acceptors (Lipinski definition) is 3. The quantitative estimate of drug-likeness (QED) is 0.885. The van der Waals surface area contributed by atoms with Crippen molar-refractivity contribution in [2.75, 3.05) is 5.73 Å². The number of rotatable bonds is 3. The Kier molecular flexibility index (Phi) is 3.54.